The molecule has 116 valence electrons. The summed E-state index contributed by atoms with van der Waals surface area (Å²) in [6, 6.07) is 4.38. The average molecular weight is 295 g/mol. The molecule has 0 fully saturated rings. The highest BCUT2D eigenvalue weighted by Gasteiger charge is 2.23. The number of hydrogen-bond acceptors (Lipinski definition) is 5. The van der Waals surface area contributed by atoms with Gasteiger partial charge in [0.1, 0.15) is 5.56 Å². The number of nitrogens with zero attached hydrogens (tertiary/aromatic N) is 2. The van der Waals surface area contributed by atoms with Crippen LogP contribution in [0.3, 0.4) is 0 Å². The molecule has 0 spiro atoms. The van der Waals surface area contributed by atoms with Gasteiger partial charge in [0.15, 0.2) is 0 Å². The van der Waals surface area contributed by atoms with Crippen molar-refractivity contribution in [2.24, 2.45) is 0 Å². The van der Waals surface area contributed by atoms with Crippen molar-refractivity contribution >= 4 is 17.3 Å². The van der Waals surface area contributed by atoms with Crippen molar-refractivity contribution in [2.75, 3.05) is 32.6 Å². The van der Waals surface area contributed by atoms with Crippen LogP contribution in [-0.4, -0.2) is 49.1 Å². The van der Waals surface area contributed by atoms with Crippen LogP contribution in [0.25, 0.3) is 0 Å². The van der Waals surface area contributed by atoms with E-state index in [4.69, 9.17) is 4.74 Å². The van der Waals surface area contributed by atoms with E-state index in [1.807, 2.05) is 13.8 Å². The monoisotopic (exact) mass is 295 g/mol. The molecule has 1 N–H and O–H groups in total. The molecular weight excluding hydrogens is 274 g/mol. The predicted octanol–water partition coefficient (Wildman–Crippen LogP) is 2.13. The SMILES string of the molecule is CNc1ccc([N+](=O)[O-])c(C(=O)N(C)CCOC(C)C)c1. The fourth-order valence-corrected chi connectivity index (χ4v) is 1.75. The zero-order valence-corrected chi connectivity index (χ0v) is 12.8. The number of carbonyl (C=O) groups is 1. The largest absolute Gasteiger partial charge is 0.388 e. The minimum atomic E-state index is -0.550. The van der Waals surface area contributed by atoms with Gasteiger partial charge in [-0.05, 0) is 26.0 Å². The van der Waals surface area contributed by atoms with Gasteiger partial charge in [0.05, 0.1) is 17.6 Å². The zero-order valence-electron chi connectivity index (χ0n) is 12.8. The van der Waals surface area contributed by atoms with Crippen LogP contribution in [0.5, 0.6) is 0 Å². The number of nitro benzene ring substituents is 1. The molecule has 0 heterocycles. The first-order chi connectivity index (χ1) is 9.86. The molecule has 0 aliphatic rings. The van der Waals surface area contributed by atoms with Crippen molar-refractivity contribution in [1.29, 1.82) is 0 Å². The molecule has 0 saturated heterocycles. The number of likely N-dealkylation sites (N-methyl/N-ethyl adjacent to an activating group) is 1. The lowest BCUT2D eigenvalue weighted by Gasteiger charge is -2.18. The van der Waals surface area contributed by atoms with Crippen LogP contribution in [0, 0.1) is 10.1 Å². The van der Waals surface area contributed by atoms with Crippen molar-refractivity contribution in [3.05, 3.63) is 33.9 Å². The minimum absolute atomic E-state index is 0.0684. The summed E-state index contributed by atoms with van der Waals surface area (Å²) in [6.07, 6.45) is 0.0791. The minimum Gasteiger partial charge on any atom is -0.388 e. The Morgan fingerprint density at radius 3 is 2.67 bits per heavy atom. The third-order valence-electron chi connectivity index (χ3n) is 2.94. The number of carbonyl (C=O) groups excluding carboxylic acids is 1. The van der Waals surface area contributed by atoms with Gasteiger partial charge in [-0.1, -0.05) is 0 Å². The Hall–Kier alpha value is -2.15. The van der Waals surface area contributed by atoms with E-state index in [0.29, 0.717) is 18.8 Å². The maximum atomic E-state index is 12.4. The van der Waals surface area contributed by atoms with Gasteiger partial charge in [-0.2, -0.15) is 0 Å². The van der Waals surface area contributed by atoms with Crippen LogP contribution in [0.1, 0.15) is 24.2 Å². The molecule has 21 heavy (non-hydrogen) atoms. The molecule has 0 unspecified atom stereocenters. The van der Waals surface area contributed by atoms with Crippen molar-refractivity contribution in [3.8, 4) is 0 Å². The fraction of sp³-hybridized carbons (Fsp3) is 0.500. The highest BCUT2D eigenvalue weighted by atomic mass is 16.6. The van der Waals surface area contributed by atoms with Crippen LogP contribution in [0.4, 0.5) is 11.4 Å². The van der Waals surface area contributed by atoms with E-state index in [2.05, 4.69) is 5.32 Å². The molecule has 0 aromatic heterocycles. The smallest absolute Gasteiger partial charge is 0.282 e. The molecule has 0 aliphatic heterocycles. The number of benzene rings is 1. The normalized spacial score (nSPS) is 10.5. The number of rotatable bonds is 7. The molecule has 7 heteroatoms. The Balaban J connectivity index is 2.91. The quantitative estimate of drug-likeness (QED) is 0.615. The third-order valence-corrected chi connectivity index (χ3v) is 2.94. The lowest BCUT2D eigenvalue weighted by molar-refractivity contribution is -0.385. The maximum Gasteiger partial charge on any atom is 0.282 e. The van der Waals surface area contributed by atoms with Gasteiger partial charge in [-0.3, -0.25) is 14.9 Å². The van der Waals surface area contributed by atoms with Gasteiger partial charge in [0, 0.05) is 32.4 Å². The Labute approximate surface area is 124 Å². The molecule has 1 aromatic carbocycles. The van der Waals surface area contributed by atoms with Gasteiger partial charge in [-0.25, -0.2) is 0 Å². The van der Waals surface area contributed by atoms with E-state index in [9.17, 15) is 14.9 Å². The molecule has 0 atom stereocenters. The topological polar surface area (TPSA) is 84.7 Å². The van der Waals surface area contributed by atoms with Gasteiger partial charge in [0.25, 0.3) is 11.6 Å². The summed E-state index contributed by atoms with van der Waals surface area (Å²) in [7, 11) is 3.29. The second-order valence-electron chi connectivity index (χ2n) is 4.89. The number of ether oxygens (including phenoxy) is 1. The van der Waals surface area contributed by atoms with E-state index < -0.39 is 10.8 Å². The van der Waals surface area contributed by atoms with E-state index in [1.54, 1.807) is 20.2 Å². The summed E-state index contributed by atoms with van der Waals surface area (Å²) in [5.41, 5.74) is 0.519. The second kappa shape index (κ2) is 7.58. The van der Waals surface area contributed by atoms with Crippen LogP contribution >= 0.6 is 0 Å². The number of amides is 1. The van der Waals surface area contributed by atoms with Gasteiger partial charge >= 0.3 is 0 Å². The summed E-state index contributed by atoms with van der Waals surface area (Å²) in [5.74, 6) is -0.397. The number of nitro groups is 1. The van der Waals surface area contributed by atoms with E-state index in [1.165, 1.54) is 17.0 Å². The standard InChI is InChI=1S/C14H21N3O4/c1-10(2)21-8-7-16(4)14(18)12-9-11(15-3)5-6-13(12)17(19)20/h5-6,9-10,15H,7-8H2,1-4H3. The van der Waals surface area contributed by atoms with Crippen LogP contribution in [0.15, 0.2) is 18.2 Å². The molecule has 1 amide bonds. The lowest BCUT2D eigenvalue weighted by Crippen LogP contribution is -2.31. The number of nitrogens with one attached hydrogen (secondary N) is 1. The molecule has 1 aromatic rings. The average Bonchev–Trinajstić information content (AvgIpc) is 2.45. The maximum absolute atomic E-state index is 12.4. The van der Waals surface area contributed by atoms with Crippen LogP contribution in [0.2, 0.25) is 0 Å². The van der Waals surface area contributed by atoms with Crippen LogP contribution < -0.4 is 5.32 Å². The fourth-order valence-electron chi connectivity index (χ4n) is 1.75. The van der Waals surface area contributed by atoms with Gasteiger partial charge < -0.3 is 15.0 Å². The first kappa shape index (κ1) is 16.9. The Bertz CT molecular complexity index is 517. The Morgan fingerprint density at radius 2 is 2.14 bits per heavy atom. The molecule has 0 aliphatic carbocycles. The van der Waals surface area contributed by atoms with Crippen molar-refractivity contribution in [1.82, 2.24) is 4.90 Å². The molecule has 1 rings (SSSR count). The van der Waals surface area contributed by atoms with E-state index in [-0.39, 0.29) is 17.4 Å². The molecule has 0 bridgehead atoms. The van der Waals surface area contributed by atoms with E-state index >= 15 is 0 Å². The highest BCUT2D eigenvalue weighted by molar-refractivity contribution is 5.99. The summed E-state index contributed by atoms with van der Waals surface area (Å²) in [6.45, 7) is 4.57. The molecule has 0 radical (unpaired) electrons. The number of anilines is 1. The van der Waals surface area contributed by atoms with E-state index in [0.717, 1.165) is 0 Å². The first-order valence-electron chi connectivity index (χ1n) is 6.70. The Kier molecular flexibility index (Phi) is 6.10. The van der Waals surface area contributed by atoms with Crippen molar-refractivity contribution < 1.29 is 14.5 Å². The highest BCUT2D eigenvalue weighted by Crippen LogP contribution is 2.23. The lowest BCUT2D eigenvalue weighted by atomic mass is 10.1. The predicted molar refractivity (Wildman–Crippen MR) is 80.7 cm³/mol. The molecule has 0 saturated carbocycles. The summed E-state index contributed by atoms with van der Waals surface area (Å²) in [4.78, 5) is 24.3. The zero-order chi connectivity index (χ0) is 16.0. The van der Waals surface area contributed by atoms with Gasteiger partial charge in [-0.15, -0.1) is 0 Å². The van der Waals surface area contributed by atoms with Gasteiger partial charge in [0.2, 0.25) is 0 Å². The van der Waals surface area contributed by atoms with Crippen molar-refractivity contribution in [2.45, 2.75) is 20.0 Å². The third kappa shape index (κ3) is 4.71. The Morgan fingerprint density at radius 1 is 1.48 bits per heavy atom. The van der Waals surface area contributed by atoms with Crippen molar-refractivity contribution in [3.63, 3.8) is 0 Å². The molecular formula is C14H21N3O4. The first-order valence-corrected chi connectivity index (χ1v) is 6.70. The number of hydrogen-bond donors (Lipinski definition) is 1. The summed E-state index contributed by atoms with van der Waals surface area (Å²) < 4.78 is 5.38. The second-order valence-corrected chi connectivity index (χ2v) is 4.89. The molecule has 7 nitrogen and oxygen atoms in total. The summed E-state index contributed by atoms with van der Waals surface area (Å²) >= 11 is 0. The summed E-state index contributed by atoms with van der Waals surface area (Å²) in [5, 5.41) is 13.9. The van der Waals surface area contributed by atoms with Crippen LogP contribution in [-0.2, 0) is 4.74 Å².